The zero-order valence-electron chi connectivity index (χ0n) is 9.11. The predicted molar refractivity (Wildman–Crippen MR) is 56.2 cm³/mol. The number of likely N-dealkylation sites (tertiary alicyclic amines) is 1. The Labute approximate surface area is 90.5 Å². The molecule has 0 aromatic heterocycles. The number of amides is 1. The summed E-state index contributed by atoms with van der Waals surface area (Å²) in [6.07, 6.45) is 6.61. The fourth-order valence-corrected chi connectivity index (χ4v) is 3.49. The highest BCUT2D eigenvalue weighted by Gasteiger charge is 2.52. The van der Waals surface area contributed by atoms with Gasteiger partial charge < -0.3 is 10.0 Å². The fraction of sp³-hybridized carbons (Fsp3) is 0.917. The van der Waals surface area contributed by atoms with Gasteiger partial charge in [-0.25, -0.2) is 0 Å². The van der Waals surface area contributed by atoms with Crippen molar-refractivity contribution < 1.29 is 9.90 Å². The molecule has 0 aromatic carbocycles. The van der Waals surface area contributed by atoms with Gasteiger partial charge in [0.2, 0.25) is 5.91 Å². The Kier molecular flexibility index (Phi) is 2.06. The van der Waals surface area contributed by atoms with Crippen LogP contribution in [-0.4, -0.2) is 35.1 Å². The quantitative estimate of drug-likeness (QED) is 0.741. The summed E-state index contributed by atoms with van der Waals surface area (Å²) in [5.41, 5.74) is 0.0740. The Bertz CT molecular complexity index is 287. The van der Waals surface area contributed by atoms with Gasteiger partial charge in [0.15, 0.2) is 0 Å². The van der Waals surface area contributed by atoms with Crippen LogP contribution in [0.2, 0.25) is 0 Å². The second-order valence-corrected chi connectivity index (χ2v) is 5.48. The van der Waals surface area contributed by atoms with Crippen LogP contribution in [0.5, 0.6) is 0 Å². The molecule has 0 spiro atoms. The molecule has 0 aromatic rings. The van der Waals surface area contributed by atoms with E-state index in [-0.39, 0.29) is 12.0 Å². The van der Waals surface area contributed by atoms with Gasteiger partial charge in [-0.15, -0.1) is 0 Å². The number of hydrogen-bond donors (Lipinski definition) is 1. The molecule has 3 heteroatoms. The maximum absolute atomic E-state index is 12.1. The largest absolute Gasteiger partial charge is 0.396 e. The Morgan fingerprint density at radius 2 is 2.13 bits per heavy atom. The summed E-state index contributed by atoms with van der Waals surface area (Å²) in [5, 5.41) is 9.54. The second kappa shape index (κ2) is 3.21. The molecule has 15 heavy (non-hydrogen) atoms. The van der Waals surface area contributed by atoms with E-state index in [0.29, 0.717) is 17.9 Å². The molecule has 2 saturated carbocycles. The molecule has 0 radical (unpaired) electrons. The molecule has 3 rings (SSSR count). The molecule has 0 bridgehead atoms. The summed E-state index contributed by atoms with van der Waals surface area (Å²) in [4.78, 5) is 14.1. The molecule has 2 atom stereocenters. The Balaban J connectivity index is 1.79. The van der Waals surface area contributed by atoms with Crippen molar-refractivity contribution in [2.75, 3.05) is 13.2 Å². The average molecular weight is 209 g/mol. The zero-order valence-corrected chi connectivity index (χ0v) is 9.11. The van der Waals surface area contributed by atoms with Crippen LogP contribution in [-0.2, 0) is 4.79 Å². The highest BCUT2D eigenvalue weighted by Crippen LogP contribution is 2.49. The Morgan fingerprint density at radius 1 is 1.33 bits per heavy atom. The molecule has 1 N–H and O–H groups in total. The highest BCUT2D eigenvalue weighted by atomic mass is 16.3. The highest BCUT2D eigenvalue weighted by molar-refractivity contribution is 5.81. The van der Waals surface area contributed by atoms with Crippen LogP contribution in [0.3, 0.4) is 0 Å². The normalized spacial score (nSPS) is 39.5. The molecule has 84 valence electrons. The number of carbonyl (C=O) groups excluding carboxylic acids is 1. The number of aliphatic hydroxyl groups excluding tert-OH is 1. The van der Waals surface area contributed by atoms with E-state index in [1.807, 2.05) is 0 Å². The van der Waals surface area contributed by atoms with Crippen molar-refractivity contribution in [3.8, 4) is 0 Å². The molecule has 1 amide bonds. The lowest BCUT2D eigenvalue weighted by molar-refractivity contribution is -0.134. The standard InChI is InChI=1S/C12H19NO2/c14-8-12-5-1-2-10(12)13(7-6-12)11(15)9-3-4-9/h9-10,14H,1-8H2. The minimum absolute atomic E-state index is 0.0740. The monoisotopic (exact) mass is 209 g/mol. The number of nitrogens with zero attached hydrogens (tertiary/aromatic N) is 1. The van der Waals surface area contributed by atoms with Crippen molar-refractivity contribution in [3.63, 3.8) is 0 Å². The zero-order chi connectivity index (χ0) is 10.5. The van der Waals surface area contributed by atoms with Gasteiger partial charge in [-0.1, -0.05) is 6.42 Å². The minimum atomic E-state index is 0.0740. The van der Waals surface area contributed by atoms with Crippen molar-refractivity contribution in [2.24, 2.45) is 11.3 Å². The van der Waals surface area contributed by atoms with Gasteiger partial charge in [0.1, 0.15) is 0 Å². The molecular weight excluding hydrogens is 190 g/mol. The SMILES string of the molecule is O=C(C1CC1)N1CCC2(CO)CCCC12. The molecule has 2 unspecified atom stereocenters. The number of fused-ring (bicyclic) bond motifs is 1. The van der Waals surface area contributed by atoms with E-state index in [9.17, 15) is 9.90 Å². The van der Waals surface area contributed by atoms with Crippen LogP contribution < -0.4 is 0 Å². The summed E-state index contributed by atoms with van der Waals surface area (Å²) in [5.74, 6) is 0.706. The first-order valence-electron chi connectivity index (χ1n) is 6.18. The van der Waals surface area contributed by atoms with E-state index in [0.717, 1.165) is 38.6 Å². The van der Waals surface area contributed by atoms with E-state index in [2.05, 4.69) is 4.90 Å². The van der Waals surface area contributed by atoms with Gasteiger partial charge in [-0.2, -0.15) is 0 Å². The molecule has 1 aliphatic heterocycles. The topological polar surface area (TPSA) is 40.5 Å². The van der Waals surface area contributed by atoms with Crippen LogP contribution in [0.1, 0.15) is 38.5 Å². The maximum atomic E-state index is 12.1. The molecule has 2 aliphatic carbocycles. The lowest BCUT2D eigenvalue weighted by Crippen LogP contribution is -2.41. The first-order chi connectivity index (χ1) is 7.27. The second-order valence-electron chi connectivity index (χ2n) is 5.48. The first kappa shape index (κ1) is 9.64. The van der Waals surface area contributed by atoms with Crippen LogP contribution in [0.25, 0.3) is 0 Å². The minimum Gasteiger partial charge on any atom is -0.396 e. The molecule has 3 fully saturated rings. The van der Waals surface area contributed by atoms with Gasteiger partial charge in [-0.05, 0) is 32.1 Å². The summed E-state index contributed by atoms with van der Waals surface area (Å²) >= 11 is 0. The third kappa shape index (κ3) is 1.32. The van der Waals surface area contributed by atoms with Crippen molar-refractivity contribution in [3.05, 3.63) is 0 Å². The Morgan fingerprint density at radius 3 is 2.80 bits per heavy atom. The number of carbonyl (C=O) groups is 1. The summed E-state index contributed by atoms with van der Waals surface area (Å²) in [6, 6.07) is 0.357. The van der Waals surface area contributed by atoms with E-state index in [1.54, 1.807) is 0 Å². The molecule has 1 heterocycles. The first-order valence-corrected chi connectivity index (χ1v) is 6.18. The van der Waals surface area contributed by atoms with E-state index in [4.69, 9.17) is 0 Å². The van der Waals surface area contributed by atoms with Crippen molar-refractivity contribution >= 4 is 5.91 Å². The Hall–Kier alpha value is -0.570. The summed E-state index contributed by atoms with van der Waals surface area (Å²) in [6.45, 7) is 1.16. The van der Waals surface area contributed by atoms with Crippen molar-refractivity contribution in [1.82, 2.24) is 4.90 Å². The third-order valence-electron chi connectivity index (χ3n) is 4.61. The summed E-state index contributed by atoms with van der Waals surface area (Å²) < 4.78 is 0. The fourth-order valence-electron chi connectivity index (χ4n) is 3.49. The van der Waals surface area contributed by atoms with Gasteiger partial charge in [-0.3, -0.25) is 4.79 Å². The third-order valence-corrected chi connectivity index (χ3v) is 4.61. The molecule has 3 nitrogen and oxygen atoms in total. The van der Waals surface area contributed by atoms with Crippen molar-refractivity contribution in [2.45, 2.75) is 44.6 Å². The van der Waals surface area contributed by atoms with Gasteiger partial charge >= 0.3 is 0 Å². The predicted octanol–water partition coefficient (Wildman–Crippen LogP) is 1.16. The van der Waals surface area contributed by atoms with Crippen LogP contribution in [0.4, 0.5) is 0 Å². The van der Waals surface area contributed by atoms with Crippen LogP contribution in [0.15, 0.2) is 0 Å². The van der Waals surface area contributed by atoms with Gasteiger partial charge in [0, 0.05) is 23.9 Å². The van der Waals surface area contributed by atoms with Crippen LogP contribution in [0, 0.1) is 11.3 Å². The average Bonchev–Trinajstić information content (AvgIpc) is 2.90. The van der Waals surface area contributed by atoms with Gasteiger partial charge in [0.05, 0.1) is 6.61 Å². The molecule has 1 saturated heterocycles. The maximum Gasteiger partial charge on any atom is 0.225 e. The lowest BCUT2D eigenvalue weighted by atomic mass is 9.83. The molecular formula is C12H19NO2. The van der Waals surface area contributed by atoms with Crippen LogP contribution >= 0.6 is 0 Å². The van der Waals surface area contributed by atoms with E-state index in [1.165, 1.54) is 6.42 Å². The summed E-state index contributed by atoms with van der Waals surface area (Å²) in [7, 11) is 0. The number of aliphatic hydroxyl groups is 1. The number of rotatable bonds is 2. The van der Waals surface area contributed by atoms with Gasteiger partial charge in [0.25, 0.3) is 0 Å². The smallest absolute Gasteiger partial charge is 0.225 e. The van der Waals surface area contributed by atoms with E-state index >= 15 is 0 Å². The number of hydrogen-bond acceptors (Lipinski definition) is 2. The van der Waals surface area contributed by atoms with E-state index < -0.39 is 0 Å². The molecule has 3 aliphatic rings. The van der Waals surface area contributed by atoms with Crippen molar-refractivity contribution in [1.29, 1.82) is 0 Å². The lowest BCUT2D eigenvalue weighted by Gasteiger charge is -2.30.